The number of fused-ring (bicyclic) bond motifs is 1. The van der Waals surface area contributed by atoms with Gasteiger partial charge in [0.05, 0.1) is 5.52 Å². The predicted molar refractivity (Wildman–Crippen MR) is 130 cm³/mol. The third-order valence-electron chi connectivity index (χ3n) is 5.99. The second kappa shape index (κ2) is 9.69. The number of pyridine rings is 2. The number of ether oxygens (including phenoxy) is 1. The van der Waals surface area contributed by atoms with Gasteiger partial charge in [-0.15, -0.1) is 0 Å². The van der Waals surface area contributed by atoms with E-state index in [1.165, 1.54) is 0 Å². The first-order valence-electron chi connectivity index (χ1n) is 11.4. The lowest BCUT2D eigenvalue weighted by Gasteiger charge is -2.30. The number of hydrogen-bond donors (Lipinski definition) is 2. The summed E-state index contributed by atoms with van der Waals surface area (Å²) < 4.78 is 5.84. The molecule has 0 aliphatic heterocycles. The van der Waals surface area contributed by atoms with Gasteiger partial charge in [0.25, 0.3) is 5.91 Å². The summed E-state index contributed by atoms with van der Waals surface area (Å²) in [6.45, 7) is 0. The molecule has 0 atom stereocenters. The van der Waals surface area contributed by atoms with Gasteiger partial charge in [0.15, 0.2) is 0 Å². The normalized spacial score (nSPS) is 17.9. The first-order valence-corrected chi connectivity index (χ1v) is 11.4. The fourth-order valence-electron chi connectivity index (χ4n) is 4.25. The van der Waals surface area contributed by atoms with Crippen molar-refractivity contribution in [3.8, 4) is 11.6 Å². The van der Waals surface area contributed by atoms with E-state index in [0.29, 0.717) is 23.2 Å². The maximum atomic E-state index is 13.0. The highest BCUT2D eigenvalue weighted by Crippen LogP contribution is 2.25. The maximum Gasteiger partial charge on any atom is 0.257 e. The Hall–Kier alpha value is -3.93. The van der Waals surface area contributed by atoms with Crippen LogP contribution in [0.4, 0.5) is 5.82 Å². The van der Waals surface area contributed by atoms with Crippen LogP contribution < -0.4 is 15.4 Å². The molecule has 2 aromatic carbocycles. The number of carbonyl (C=O) groups excluding carboxylic acids is 1. The Balaban J connectivity index is 1.17. The number of nitrogens with one attached hydrogen (secondary N) is 2. The highest BCUT2D eigenvalue weighted by atomic mass is 16.5. The molecule has 2 heterocycles. The summed E-state index contributed by atoms with van der Waals surface area (Å²) >= 11 is 0. The van der Waals surface area contributed by atoms with Crippen LogP contribution in [-0.4, -0.2) is 28.0 Å². The molecule has 0 spiro atoms. The lowest BCUT2D eigenvalue weighted by Crippen LogP contribution is -2.40. The Morgan fingerprint density at radius 1 is 0.818 bits per heavy atom. The van der Waals surface area contributed by atoms with E-state index in [9.17, 15) is 4.79 Å². The van der Waals surface area contributed by atoms with Crippen molar-refractivity contribution in [3.63, 3.8) is 0 Å². The summed E-state index contributed by atoms with van der Waals surface area (Å²) in [5.74, 6) is 1.72. The minimum Gasteiger partial charge on any atom is -0.438 e. The van der Waals surface area contributed by atoms with Gasteiger partial charge in [-0.05, 0) is 68.1 Å². The van der Waals surface area contributed by atoms with E-state index < -0.39 is 0 Å². The zero-order chi connectivity index (χ0) is 22.5. The molecule has 166 valence electrons. The molecule has 6 nitrogen and oxygen atoms in total. The number of hydrogen-bond acceptors (Lipinski definition) is 5. The molecule has 1 saturated carbocycles. The molecule has 2 N–H and O–H groups in total. The van der Waals surface area contributed by atoms with Crippen LogP contribution in [0.1, 0.15) is 36.0 Å². The van der Waals surface area contributed by atoms with Crippen molar-refractivity contribution in [1.82, 2.24) is 15.3 Å². The van der Waals surface area contributed by atoms with Crippen molar-refractivity contribution in [1.29, 1.82) is 0 Å². The number of para-hydroxylation sites is 2. The second-order valence-electron chi connectivity index (χ2n) is 8.33. The minimum absolute atomic E-state index is 0.130. The van der Waals surface area contributed by atoms with E-state index in [0.717, 1.165) is 42.4 Å². The van der Waals surface area contributed by atoms with Crippen LogP contribution in [0.25, 0.3) is 10.9 Å². The largest absolute Gasteiger partial charge is 0.438 e. The highest BCUT2D eigenvalue weighted by Gasteiger charge is 2.24. The summed E-state index contributed by atoms with van der Waals surface area (Å²) in [5, 5.41) is 7.87. The van der Waals surface area contributed by atoms with E-state index in [1.54, 1.807) is 18.3 Å². The van der Waals surface area contributed by atoms with Gasteiger partial charge in [-0.2, -0.15) is 0 Å². The minimum atomic E-state index is -0.151. The fraction of sp³-hybridized carbons (Fsp3) is 0.222. The Morgan fingerprint density at radius 3 is 2.42 bits per heavy atom. The Bertz CT molecular complexity index is 1240. The average Bonchev–Trinajstić information content (AvgIpc) is 2.86. The summed E-state index contributed by atoms with van der Waals surface area (Å²) in [4.78, 5) is 22.0. The number of carbonyl (C=O) groups is 1. The van der Waals surface area contributed by atoms with Gasteiger partial charge >= 0.3 is 0 Å². The quantitative estimate of drug-likeness (QED) is 0.411. The molecule has 0 unspecified atom stereocenters. The van der Waals surface area contributed by atoms with Crippen molar-refractivity contribution in [2.45, 2.75) is 37.8 Å². The van der Waals surface area contributed by atoms with Crippen LogP contribution in [0.15, 0.2) is 85.1 Å². The first kappa shape index (κ1) is 20.9. The van der Waals surface area contributed by atoms with E-state index in [4.69, 9.17) is 9.72 Å². The van der Waals surface area contributed by atoms with Crippen LogP contribution in [0, 0.1) is 0 Å². The van der Waals surface area contributed by atoms with Gasteiger partial charge in [-0.25, -0.2) is 9.97 Å². The van der Waals surface area contributed by atoms with Gasteiger partial charge in [0.1, 0.15) is 17.1 Å². The van der Waals surface area contributed by atoms with Crippen LogP contribution in [-0.2, 0) is 0 Å². The molecule has 6 heteroatoms. The third-order valence-corrected chi connectivity index (χ3v) is 5.99. The molecular weight excluding hydrogens is 412 g/mol. The standard InChI is InChI=1S/C27H26N4O2/c32-26(23-10-6-18-28-27(23)33-22-8-2-1-3-9-22)30-21-15-13-20(14-16-21)29-25-17-12-19-7-4-5-11-24(19)31-25/h1-12,17-18,20-21H,13-16H2,(H,29,31)(H,30,32)/t20-,21+. The number of amides is 1. The first-order chi connectivity index (χ1) is 16.2. The topological polar surface area (TPSA) is 76.1 Å². The molecule has 1 aliphatic carbocycles. The van der Waals surface area contributed by atoms with E-state index >= 15 is 0 Å². The van der Waals surface area contributed by atoms with Crippen LogP contribution >= 0.6 is 0 Å². The SMILES string of the molecule is O=C(N[C@H]1CC[C@@H](Nc2ccc3ccccc3n2)CC1)c1cccnc1Oc1ccccc1. The van der Waals surface area contributed by atoms with Crippen LogP contribution in [0.2, 0.25) is 0 Å². The summed E-state index contributed by atoms with van der Waals surface area (Å²) in [6, 6.07) is 25.6. The average molecular weight is 439 g/mol. The Kier molecular flexibility index (Phi) is 6.15. The number of benzene rings is 2. The Morgan fingerprint density at radius 2 is 1.58 bits per heavy atom. The third kappa shape index (κ3) is 5.12. The van der Waals surface area contributed by atoms with E-state index in [2.05, 4.69) is 27.8 Å². The number of nitrogens with zero attached hydrogens (tertiary/aromatic N) is 2. The molecule has 0 saturated heterocycles. The number of aromatic nitrogens is 2. The molecule has 1 amide bonds. The van der Waals surface area contributed by atoms with Crippen molar-refractivity contribution < 1.29 is 9.53 Å². The van der Waals surface area contributed by atoms with Gasteiger partial charge in [0.2, 0.25) is 5.88 Å². The molecule has 2 aromatic heterocycles. The molecule has 1 aliphatic rings. The molecular formula is C27H26N4O2. The zero-order valence-corrected chi connectivity index (χ0v) is 18.3. The van der Waals surface area contributed by atoms with Crippen LogP contribution in [0.5, 0.6) is 11.6 Å². The summed E-state index contributed by atoms with van der Waals surface area (Å²) in [5.41, 5.74) is 1.44. The highest BCUT2D eigenvalue weighted by molar-refractivity contribution is 5.96. The second-order valence-corrected chi connectivity index (χ2v) is 8.33. The molecule has 5 rings (SSSR count). The lowest BCUT2D eigenvalue weighted by molar-refractivity contribution is 0.0923. The Labute approximate surface area is 193 Å². The molecule has 0 bridgehead atoms. The van der Waals surface area contributed by atoms with Gasteiger partial charge in [0, 0.05) is 23.7 Å². The monoisotopic (exact) mass is 438 g/mol. The summed E-state index contributed by atoms with van der Waals surface area (Å²) in [6.07, 6.45) is 5.39. The smallest absolute Gasteiger partial charge is 0.257 e. The number of rotatable bonds is 6. The van der Waals surface area contributed by atoms with Gasteiger partial charge in [-0.3, -0.25) is 4.79 Å². The van der Waals surface area contributed by atoms with Gasteiger partial charge in [-0.1, -0.05) is 36.4 Å². The van der Waals surface area contributed by atoms with E-state index in [-0.39, 0.29) is 11.9 Å². The molecule has 0 radical (unpaired) electrons. The van der Waals surface area contributed by atoms with Crippen LogP contribution in [0.3, 0.4) is 0 Å². The predicted octanol–water partition coefficient (Wildman–Crippen LogP) is 5.58. The molecule has 1 fully saturated rings. The van der Waals surface area contributed by atoms with Crippen molar-refractivity contribution in [2.75, 3.05) is 5.32 Å². The molecule has 4 aromatic rings. The van der Waals surface area contributed by atoms with E-state index in [1.807, 2.05) is 54.6 Å². The fourth-order valence-corrected chi connectivity index (χ4v) is 4.25. The molecule has 33 heavy (non-hydrogen) atoms. The lowest BCUT2D eigenvalue weighted by atomic mass is 9.91. The van der Waals surface area contributed by atoms with Crippen molar-refractivity contribution in [2.24, 2.45) is 0 Å². The van der Waals surface area contributed by atoms with Crippen molar-refractivity contribution >= 4 is 22.6 Å². The van der Waals surface area contributed by atoms with Gasteiger partial charge < -0.3 is 15.4 Å². The maximum absolute atomic E-state index is 13.0. The number of anilines is 1. The van der Waals surface area contributed by atoms with Crippen molar-refractivity contribution in [3.05, 3.63) is 90.6 Å². The zero-order valence-electron chi connectivity index (χ0n) is 18.3. The summed E-state index contributed by atoms with van der Waals surface area (Å²) in [7, 11) is 0.